The fraction of sp³-hybridized carbons (Fsp3) is 0.846. The minimum absolute atomic E-state index is 0.127. The molecule has 0 saturated carbocycles. The summed E-state index contributed by atoms with van der Waals surface area (Å²) < 4.78 is 4.58. The first kappa shape index (κ1) is 16.7. The molecule has 0 amide bonds. The predicted octanol–water partition coefficient (Wildman–Crippen LogP) is 1.54. The number of guanidine groups is 1. The summed E-state index contributed by atoms with van der Waals surface area (Å²) in [5.41, 5.74) is 0. The first-order valence-corrected chi connectivity index (χ1v) is 6.61. The Morgan fingerprint density at radius 2 is 1.94 bits per heavy atom. The summed E-state index contributed by atoms with van der Waals surface area (Å²) in [7, 11) is 3.20. The zero-order chi connectivity index (χ0) is 13.8. The molecule has 0 aliphatic heterocycles. The summed E-state index contributed by atoms with van der Waals surface area (Å²) in [5.74, 6) is 1.32. The van der Waals surface area contributed by atoms with E-state index in [0.717, 1.165) is 38.3 Å². The van der Waals surface area contributed by atoms with E-state index >= 15 is 0 Å². The van der Waals surface area contributed by atoms with Crippen LogP contribution in [-0.2, 0) is 9.53 Å². The molecule has 0 saturated heterocycles. The van der Waals surface area contributed by atoms with Gasteiger partial charge in [0, 0.05) is 26.6 Å². The molecule has 18 heavy (non-hydrogen) atoms. The van der Waals surface area contributed by atoms with Crippen LogP contribution in [0.3, 0.4) is 0 Å². The van der Waals surface area contributed by atoms with Crippen molar-refractivity contribution in [2.45, 2.75) is 39.5 Å². The standard InChI is InChI=1S/C13H27N3O2/c1-11(2)10-16-13(14-3)15-9-7-5-6-8-12(17)18-4/h11H,5-10H2,1-4H3,(H2,14,15,16). The van der Waals surface area contributed by atoms with Crippen LogP contribution in [0.15, 0.2) is 4.99 Å². The number of nitrogens with one attached hydrogen (secondary N) is 2. The fourth-order valence-electron chi connectivity index (χ4n) is 1.40. The van der Waals surface area contributed by atoms with Gasteiger partial charge in [-0.1, -0.05) is 20.3 Å². The Labute approximate surface area is 110 Å². The van der Waals surface area contributed by atoms with E-state index in [0.29, 0.717) is 12.3 Å². The van der Waals surface area contributed by atoms with Crippen molar-refractivity contribution in [1.82, 2.24) is 10.6 Å². The van der Waals surface area contributed by atoms with Crippen molar-refractivity contribution in [1.29, 1.82) is 0 Å². The zero-order valence-corrected chi connectivity index (χ0v) is 12.1. The van der Waals surface area contributed by atoms with E-state index < -0.39 is 0 Å². The molecular weight excluding hydrogens is 230 g/mol. The van der Waals surface area contributed by atoms with Gasteiger partial charge in [-0.25, -0.2) is 0 Å². The van der Waals surface area contributed by atoms with Crippen molar-refractivity contribution in [2.24, 2.45) is 10.9 Å². The molecule has 0 aromatic carbocycles. The number of hydrogen-bond acceptors (Lipinski definition) is 3. The topological polar surface area (TPSA) is 62.7 Å². The normalized spacial score (nSPS) is 11.5. The molecule has 5 nitrogen and oxygen atoms in total. The van der Waals surface area contributed by atoms with Crippen LogP contribution < -0.4 is 10.6 Å². The molecule has 0 aliphatic rings. The molecular formula is C13H27N3O2. The van der Waals surface area contributed by atoms with E-state index in [-0.39, 0.29) is 5.97 Å². The van der Waals surface area contributed by atoms with Crippen LogP contribution in [0.2, 0.25) is 0 Å². The number of esters is 1. The van der Waals surface area contributed by atoms with Gasteiger partial charge in [-0.15, -0.1) is 0 Å². The SMILES string of the molecule is CN=C(NCCCCCC(=O)OC)NCC(C)C. The number of rotatable bonds is 8. The highest BCUT2D eigenvalue weighted by molar-refractivity contribution is 5.79. The van der Waals surface area contributed by atoms with Crippen molar-refractivity contribution in [3.05, 3.63) is 0 Å². The number of hydrogen-bond donors (Lipinski definition) is 2. The summed E-state index contributed by atoms with van der Waals surface area (Å²) in [6, 6.07) is 0. The molecule has 0 fully saturated rings. The van der Waals surface area contributed by atoms with Gasteiger partial charge in [-0.3, -0.25) is 9.79 Å². The van der Waals surface area contributed by atoms with Gasteiger partial charge in [0.15, 0.2) is 5.96 Å². The van der Waals surface area contributed by atoms with Crippen molar-refractivity contribution >= 4 is 11.9 Å². The summed E-state index contributed by atoms with van der Waals surface area (Å²) in [5, 5.41) is 6.50. The molecule has 0 spiro atoms. The van der Waals surface area contributed by atoms with Crippen molar-refractivity contribution in [3.63, 3.8) is 0 Å². The van der Waals surface area contributed by atoms with Gasteiger partial charge in [0.25, 0.3) is 0 Å². The predicted molar refractivity (Wildman–Crippen MR) is 74.7 cm³/mol. The van der Waals surface area contributed by atoms with Gasteiger partial charge < -0.3 is 15.4 Å². The largest absolute Gasteiger partial charge is 0.469 e. The summed E-state index contributed by atoms with van der Waals surface area (Å²) in [6.45, 7) is 6.11. The summed E-state index contributed by atoms with van der Waals surface area (Å²) >= 11 is 0. The highest BCUT2D eigenvalue weighted by Crippen LogP contribution is 1.99. The van der Waals surface area contributed by atoms with Gasteiger partial charge >= 0.3 is 5.97 Å². The van der Waals surface area contributed by atoms with E-state index in [1.54, 1.807) is 7.05 Å². The van der Waals surface area contributed by atoms with Gasteiger partial charge in [0.2, 0.25) is 0 Å². The highest BCUT2D eigenvalue weighted by Gasteiger charge is 2.00. The number of aliphatic imine (C=N–C) groups is 1. The van der Waals surface area contributed by atoms with E-state index in [4.69, 9.17) is 0 Å². The summed E-state index contributed by atoms with van der Waals surface area (Å²) in [4.78, 5) is 15.0. The molecule has 0 aromatic heterocycles. The Bertz CT molecular complexity index is 253. The highest BCUT2D eigenvalue weighted by atomic mass is 16.5. The molecule has 0 heterocycles. The number of ether oxygens (including phenoxy) is 1. The second kappa shape index (κ2) is 10.9. The van der Waals surface area contributed by atoms with Crippen LogP contribution in [0.4, 0.5) is 0 Å². The van der Waals surface area contributed by atoms with Crippen LogP contribution in [0, 0.1) is 5.92 Å². The molecule has 0 bridgehead atoms. The van der Waals surface area contributed by atoms with Crippen molar-refractivity contribution < 1.29 is 9.53 Å². The van der Waals surface area contributed by atoms with Gasteiger partial charge in [0.05, 0.1) is 7.11 Å². The number of nitrogens with zero attached hydrogens (tertiary/aromatic N) is 1. The van der Waals surface area contributed by atoms with Crippen molar-refractivity contribution in [2.75, 3.05) is 27.2 Å². The molecule has 0 unspecified atom stereocenters. The van der Waals surface area contributed by atoms with E-state index in [2.05, 4.69) is 34.2 Å². The minimum atomic E-state index is -0.127. The Balaban J connectivity index is 3.49. The minimum Gasteiger partial charge on any atom is -0.469 e. The Hall–Kier alpha value is -1.26. The maximum absolute atomic E-state index is 10.9. The monoisotopic (exact) mass is 257 g/mol. The zero-order valence-electron chi connectivity index (χ0n) is 12.1. The molecule has 0 aromatic rings. The quantitative estimate of drug-likeness (QED) is 0.300. The van der Waals surface area contributed by atoms with Crippen LogP contribution >= 0.6 is 0 Å². The van der Waals surface area contributed by atoms with Crippen LogP contribution in [0.1, 0.15) is 39.5 Å². The maximum atomic E-state index is 10.9. The Morgan fingerprint density at radius 3 is 2.50 bits per heavy atom. The molecule has 0 rings (SSSR count). The average molecular weight is 257 g/mol. The number of carbonyl (C=O) groups is 1. The lowest BCUT2D eigenvalue weighted by Crippen LogP contribution is -2.39. The maximum Gasteiger partial charge on any atom is 0.305 e. The van der Waals surface area contributed by atoms with Crippen LogP contribution in [-0.4, -0.2) is 39.2 Å². The third-order valence-electron chi connectivity index (χ3n) is 2.48. The van der Waals surface area contributed by atoms with Crippen LogP contribution in [0.25, 0.3) is 0 Å². The van der Waals surface area contributed by atoms with Crippen molar-refractivity contribution in [3.8, 4) is 0 Å². The third-order valence-corrected chi connectivity index (χ3v) is 2.48. The lowest BCUT2D eigenvalue weighted by Gasteiger charge is -2.13. The van der Waals surface area contributed by atoms with E-state index in [9.17, 15) is 4.79 Å². The average Bonchev–Trinajstić information content (AvgIpc) is 2.36. The lowest BCUT2D eigenvalue weighted by molar-refractivity contribution is -0.140. The number of methoxy groups -OCH3 is 1. The number of unbranched alkanes of at least 4 members (excludes halogenated alkanes) is 2. The van der Waals surface area contributed by atoms with E-state index in [1.165, 1.54) is 7.11 Å². The van der Waals surface area contributed by atoms with Gasteiger partial charge in [0.1, 0.15) is 0 Å². The first-order valence-electron chi connectivity index (χ1n) is 6.61. The lowest BCUT2D eigenvalue weighted by atomic mass is 10.2. The Morgan fingerprint density at radius 1 is 1.22 bits per heavy atom. The van der Waals surface area contributed by atoms with E-state index in [1.807, 2.05) is 0 Å². The summed E-state index contributed by atoms with van der Waals surface area (Å²) in [6.07, 6.45) is 3.44. The molecule has 0 radical (unpaired) electrons. The van der Waals surface area contributed by atoms with Gasteiger partial charge in [-0.05, 0) is 18.8 Å². The first-order chi connectivity index (χ1) is 8.60. The smallest absolute Gasteiger partial charge is 0.305 e. The van der Waals surface area contributed by atoms with Crippen LogP contribution in [0.5, 0.6) is 0 Å². The second-order valence-electron chi connectivity index (χ2n) is 4.66. The molecule has 2 N–H and O–H groups in total. The molecule has 0 atom stereocenters. The molecule has 0 aliphatic carbocycles. The number of carbonyl (C=O) groups excluding carboxylic acids is 1. The molecule has 5 heteroatoms. The fourth-order valence-corrected chi connectivity index (χ4v) is 1.40. The second-order valence-corrected chi connectivity index (χ2v) is 4.66. The third kappa shape index (κ3) is 9.93. The van der Waals surface area contributed by atoms with Gasteiger partial charge in [-0.2, -0.15) is 0 Å². The Kier molecular flexibility index (Phi) is 10.1. The molecule has 106 valence electrons.